The second kappa shape index (κ2) is 6.18. The van der Waals surface area contributed by atoms with Crippen molar-refractivity contribution in [1.82, 2.24) is 19.6 Å². The lowest BCUT2D eigenvalue weighted by molar-refractivity contribution is -0.119. The molecule has 2 aromatic heterocycles. The quantitative estimate of drug-likeness (QED) is 0.806. The Hall–Kier alpha value is -2.68. The zero-order valence-corrected chi connectivity index (χ0v) is 11.6. The summed E-state index contributed by atoms with van der Waals surface area (Å²) < 4.78 is 7.72. The number of rotatable bonds is 6. The number of hydrogen-bond acceptors (Lipinski definition) is 5. The van der Waals surface area contributed by atoms with Gasteiger partial charge in [0.05, 0.1) is 29.8 Å². The van der Waals surface area contributed by atoms with Crippen LogP contribution < -0.4 is 5.32 Å². The van der Waals surface area contributed by atoms with Gasteiger partial charge in [0.25, 0.3) is 0 Å². The van der Waals surface area contributed by atoms with E-state index in [0.29, 0.717) is 5.69 Å². The molecule has 0 spiro atoms. The molecule has 0 saturated heterocycles. The van der Waals surface area contributed by atoms with Crippen molar-refractivity contribution in [2.24, 2.45) is 0 Å². The van der Waals surface area contributed by atoms with E-state index >= 15 is 0 Å². The molecule has 2 rings (SSSR count). The molecular weight excluding hydrogens is 278 g/mol. The minimum Gasteiger partial charge on any atom is -0.478 e. The maximum atomic E-state index is 12.1. The van der Waals surface area contributed by atoms with Crippen LogP contribution in [0.5, 0.6) is 0 Å². The van der Waals surface area contributed by atoms with Crippen molar-refractivity contribution in [3.05, 3.63) is 30.4 Å². The van der Waals surface area contributed by atoms with Crippen LogP contribution in [0.1, 0.15) is 23.3 Å². The van der Waals surface area contributed by atoms with Crippen LogP contribution >= 0.6 is 0 Å². The number of aromatic carboxylic acids is 1. The van der Waals surface area contributed by atoms with E-state index in [9.17, 15) is 9.59 Å². The largest absolute Gasteiger partial charge is 0.478 e. The Morgan fingerprint density at radius 1 is 1.38 bits per heavy atom. The van der Waals surface area contributed by atoms with E-state index in [-0.39, 0.29) is 18.2 Å². The summed E-state index contributed by atoms with van der Waals surface area (Å²) in [6, 6.07) is -0.649. The van der Waals surface area contributed by atoms with E-state index < -0.39 is 12.0 Å². The third-order valence-electron chi connectivity index (χ3n) is 2.79. The van der Waals surface area contributed by atoms with Gasteiger partial charge in [-0.3, -0.25) is 9.48 Å². The molecule has 0 aliphatic heterocycles. The lowest BCUT2D eigenvalue weighted by Gasteiger charge is -2.11. The van der Waals surface area contributed by atoms with E-state index in [0.717, 1.165) is 0 Å². The molecule has 0 radical (unpaired) electrons. The van der Waals surface area contributed by atoms with E-state index in [4.69, 9.17) is 9.84 Å². The number of carboxylic acids is 1. The van der Waals surface area contributed by atoms with Crippen molar-refractivity contribution in [2.75, 3.05) is 12.4 Å². The molecule has 1 unspecified atom stereocenters. The fraction of sp³-hybridized carbons (Fsp3) is 0.333. The normalized spacial score (nSPS) is 12.1. The predicted octanol–water partition coefficient (Wildman–Crippen LogP) is 0.581. The Morgan fingerprint density at radius 2 is 2.14 bits per heavy atom. The number of carbonyl (C=O) groups is 2. The summed E-state index contributed by atoms with van der Waals surface area (Å²) in [5.41, 5.74) is 0.553. The van der Waals surface area contributed by atoms with Crippen molar-refractivity contribution in [3.8, 4) is 0 Å². The van der Waals surface area contributed by atoms with Crippen LogP contribution in [-0.4, -0.2) is 43.7 Å². The van der Waals surface area contributed by atoms with E-state index in [1.165, 1.54) is 28.0 Å². The summed E-state index contributed by atoms with van der Waals surface area (Å²) in [5, 5.41) is 19.4. The lowest BCUT2D eigenvalue weighted by atomic mass is 10.3. The van der Waals surface area contributed by atoms with Crippen LogP contribution in [0.15, 0.2) is 24.8 Å². The highest BCUT2D eigenvalue weighted by molar-refractivity contribution is 5.93. The van der Waals surface area contributed by atoms with Crippen LogP contribution in [0.3, 0.4) is 0 Å². The van der Waals surface area contributed by atoms with Crippen molar-refractivity contribution in [1.29, 1.82) is 0 Å². The zero-order valence-electron chi connectivity index (χ0n) is 11.6. The number of carboxylic acid groups (broad SMARTS) is 1. The summed E-state index contributed by atoms with van der Waals surface area (Å²) in [4.78, 5) is 22.9. The van der Waals surface area contributed by atoms with Gasteiger partial charge in [0.1, 0.15) is 12.8 Å². The molecule has 9 heteroatoms. The first-order valence-electron chi connectivity index (χ1n) is 6.11. The highest BCUT2D eigenvalue weighted by atomic mass is 16.5. The molecule has 1 atom stereocenters. The SMILES string of the molecule is COCn1cc(NC(=O)C(C)n2cc(C(=O)O)cn2)cn1. The second-order valence-corrected chi connectivity index (χ2v) is 4.37. The molecule has 0 bridgehead atoms. The average molecular weight is 293 g/mol. The molecular formula is C12H15N5O4. The molecule has 21 heavy (non-hydrogen) atoms. The monoisotopic (exact) mass is 293 g/mol. The van der Waals surface area contributed by atoms with Gasteiger partial charge >= 0.3 is 5.97 Å². The summed E-state index contributed by atoms with van der Waals surface area (Å²) in [6.07, 6.45) is 5.62. The lowest BCUT2D eigenvalue weighted by Crippen LogP contribution is -2.23. The number of hydrogen-bond donors (Lipinski definition) is 2. The van der Waals surface area contributed by atoms with Crippen molar-refractivity contribution in [3.63, 3.8) is 0 Å². The topological polar surface area (TPSA) is 111 Å². The molecule has 2 aromatic rings. The van der Waals surface area contributed by atoms with Gasteiger partial charge in [-0.25, -0.2) is 9.48 Å². The number of ether oxygens (including phenoxy) is 1. The van der Waals surface area contributed by atoms with Crippen LogP contribution in [-0.2, 0) is 16.3 Å². The third-order valence-corrected chi connectivity index (χ3v) is 2.79. The molecule has 0 aliphatic carbocycles. The number of anilines is 1. The molecule has 0 fully saturated rings. The van der Waals surface area contributed by atoms with Gasteiger partial charge in [-0.1, -0.05) is 0 Å². The summed E-state index contributed by atoms with van der Waals surface area (Å²) >= 11 is 0. The maximum absolute atomic E-state index is 12.1. The Bertz CT molecular complexity index is 648. The minimum atomic E-state index is -1.09. The van der Waals surface area contributed by atoms with Gasteiger partial charge in [-0.05, 0) is 6.92 Å². The number of carbonyl (C=O) groups excluding carboxylic acids is 1. The minimum absolute atomic E-state index is 0.0302. The fourth-order valence-electron chi connectivity index (χ4n) is 1.66. The molecule has 0 aromatic carbocycles. The average Bonchev–Trinajstić information content (AvgIpc) is 3.07. The highest BCUT2D eigenvalue weighted by Gasteiger charge is 2.18. The highest BCUT2D eigenvalue weighted by Crippen LogP contribution is 2.11. The van der Waals surface area contributed by atoms with E-state index in [2.05, 4.69) is 15.5 Å². The molecule has 112 valence electrons. The van der Waals surface area contributed by atoms with Gasteiger partial charge in [0.15, 0.2) is 0 Å². The summed E-state index contributed by atoms with van der Waals surface area (Å²) in [7, 11) is 1.54. The number of nitrogens with zero attached hydrogens (tertiary/aromatic N) is 4. The molecule has 2 heterocycles. The van der Waals surface area contributed by atoms with Gasteiger partial charge in [0, 0.05) is 13.3 Å². The van der Waals surface area contributed by atoms with E-state index in [1.807, 2.05) is 0 Å². The zero-order chi connectivity index (χ0) is 15.4. The molecule has 2 N–H and O–H groups in total. The molecule has 0 aliphatic rings. The summed E-state index contributed by atoms with van der Waals surface area (Å²) in [6.45, 7) is 1.90. The third kappa shape index (κ3) is 3.45. The number of methoxy groups -OCH3 is 1. The second-order valence-electron chi connectivity index (χ2n) is 4.37. The first kappa shape index (κ1) is 14.7. The fourth-order valence-corrected chi connectivity index (χ4v) is 1.66. The first-order valence-corrected chi connectivity index (χ1v) is 6.11. The van der Waals surface area contributed by atoms with Crippen LogP contribution in [0.4, 0.5) is 5.69 Å². The van der Waals surface area contributed by atoms with Crippen LogP contribution in [0.2, 0.25) is 0 Å². The van der Waals surface area contributed by atoms with E-state index in [1.54, 1.807) is 20.2 Å². The Kier molecular flexibility index (Phi) is 4.33. The maximum Gasteiger partial charge on any atom is 0.338 e. The van der Waals surface area contributed by atoms with Crippen LogP contribution in [0.25, 0.3) is 0 Å². The Balaban J connectivity index is 2.02. The van der Waals surface area contributed by atoms with Crippen LogP contribution in [0, 0.1) is 0 Å². The number of nitrogens with one attached hydrogen (secondary N) is 1. The van der Waals surface area contributed by atoms with Gasteiger partial charge in [-0.15, -0.1) is 0 Å². The first-order chi connectivity index (χ1) is 10.0. The molecule has 1 amide bonds. The Labute approximate surface area is 120 Å². The predicted molar refractivity (Wildman–Crippen MR) is 71.8 cm³/mol. The standard InChI is InChI=1S/C12H15N5O4/c1-8(17-5-9(3-14-17)12(19)20)11(18)15-10-4-13-16(6-10)7-21-2/h3-6,8H,7H2,1-2H3,(H,15,18)(H,19,20). The van der Waals surface area contributed by atoms with Crippen molar-refractivity contribution in [2.45, 2.75) is 19.7 Å². The smallest absolute Gasteiger partial charge is 0.338 e. The number of aromatic nitrogens is 4. The molecule has 9 nitrogen and oxygen atoms in total. The summed E-state index contributed by atoms with van der Waals surface area (Å²) in [5.74, 6) is -1.42. The van der Waals surface area contributed by atoms with Crippen molar-refractivity contribution >= 4 is 17.6 Å². The Morgan fingerprint density at radius 3 is 2.76 bits per heavy atom. The van der Waals surface area contributed by atoms with Gasteiger partial charge in [-0.2, -0.15) is 10.2 Å². The van der Waals surface area contributed by atoms with Gasteiger partial charge < -0.3 is 15.2 Å². The number of amides is 1. The van der Waals surface area contributed by atoms with Gasteiger partial charge in [0.2, 0.25) is 5.91 Å². The molecule has 0 saturated carbocycles. The van der Waals surface area contributed by atoms with Crippen molar-refractivity contribution < 1.29 is 19.4 Å².